The van der Waals surface area contributed by atoms with Crippen molar-refractivity contribution in [2.24, 2.45) is 0 Å². The zero-order valence-electron chi connectivity index (χ0n) is 10.9. The van der Waals surface area contributed by atoms with E-state index in [1.807, 2.05) is 24.3 Å². The Morgan fingerprint density at radius 2 is 1.35 bits per heavy atom. The molecule has 3 nitrogen and oxygen atoms in total. The van der Waals surface area contributed by atoms with Crippen LogP contribution < -0.4 is 4.90 Å². The Hall–Kier alpha value is -2.42. The Morgan fingerprint density at radius 1 is 0.800 bits per heavy atom. The molecule has 2 aromatic carbocycles. The van der Waals surface area contributed by atoms with Gasteiger partial charge in [-0.2, -0.15) is 0 Å². The fraction of sp³-hybridized carbons (Fsp3) is 0.176. The SMILES string of the molecule is O=C1c2ccccc2C(=O)N1c1ccc(C2CC2)cc1. The van der Waals surface area contributed by atoms with Crippen molar-refractivity contribution < 1.29 is 9.59 Å². The van der Waals surface area contributed by atoms with E-state index >= 15 is 0 Å². The summed E-state index contributed by atoms with van der Waals surface area (Å²) in [7, 11) is 0. The Labute approximate surface area is 116 Å². The van der Waals surface area contributed by atoms with Gasteiger partial charge in [0.15, 0.2) is 0 Å². The highest BCUT2D eigenvalue weighted by Crippen LogP contribution is 2.40. The minimum Gasteiger partial charge on any atom is -0.268 e. The average molecular weight is 263 g/mol. The number of hydrogen-bond acceptors (Lipinski definition) is 2. The molecule has 0 spiro atoms. The highest BCUT2D eigenvalue weighted by atomic mass is 16.2. The van der Waals surface area contributed by atoms with Crippen molar-refractivity contribution in [2.45, 2.75) is 18.8 Å². The summed E-state index contributed by atoms with van der Waals surface area (Å²) < 4.78 is 0. The average Bonchev–Trinajstić information content (AvgIpc) is 3.29. The van der Waals surface area contributed by atoms with Crippen molar-refractivity contribution in [1.82, 2.24) is 0 Å². The second kappa shape index (κ2) is 4.04. The van der Waals surface area contributed by atoms with E-state index < -0.39 is 0 Å². The summed E-state index contributed by atoms with van der Waals surface area (Å²) >= 11 is 0. The summed E-state index contributed by atoms with van der Waals surface area (Å²) in [5.41, 5.74) is 2.93. The van der Waals surface area contributed by atoms with Crippen LogP contribution in [0, 0.1) is 0 Å². The summed E-state index contributed by atoms with van der Waals surface area (Å²) in [6.45, 7) is 0. The van der Waals surface area contributed by atoms with Gasteiger partial charge >= 0.3 is 0 Å². The zero-order valence-corrected chi connectivity index (χ0v) is 10.9. The van der Waals surface area contributed by atoms with E-state index in [1.165, 1.54) is 23.3 Å². The molecule has 1 fully saturated rings. The summed E-state index contributed by atoms with van der Waals surface area (Å²) in [6, 6.07) is 14.8. The van der Waals surface area contributed by atoms with Crippen LogP contribution in [-0.2, 0) is 0 Å². The van der Waals surface area contributed by atoms with Gasteiger partial charge in [0.25, 0.3) is 11.8 Å². The van der Waals surface area contributed by atoms with Crippen LogP contribution in [0.4, 0.5) is 5.69 Å². The molecule has 0 bridgehead atoms. The normalized spacial score (nSPS) is 17.5. The lowest BCUT2D eigenvalue weighted by molar-refractivity contribution is 0.0926. The van der Waals surface area contributed by atoms with Crippen LogP contribution in [0.3, 0.4) is 0 Å². The van der Waals surface area contributed by atoms with Gasteiger partial charge in [0.1, 0.15) is 0 Å². The molecule has 0 atom stereocenters. The van der Waals surface area contributed by atoms with Crippen molar-refractivity contribution >= 4 is 17.5 Å². The number of carbonyl (C=O) groups excluding carboxylic acids is 2. The summed E-state index contributed by atoms with van der Waals surface area (Å²) in [5.74, 6) is 0.209. The monoisotopic (exact) mass is 263 g/mol. The largest absolute Gasteiger partial charge is 0.268 e. The van der Waals surface area contributed by atoms with Gasteiger partial charge in [-0.05, 0) is 48.6 Å². The molecule has 2 aliphatic rings. The maximum Gasteiger partial charge on any atom is 0.266 e. The van der Waals surface area contributed by atoms with E-state index in [-0.39, 0.29) is 11.8 Å². The number of carbonyl (C=O) groups is 2. The number of amides is 2. The molecule has 0 radical (unpaired) electrons. The van der Waals surface area contributed by atoms with Gasteiger partial charge in [0.2, 0.25) is 0 Å². The molecule has 1 saturated carbocycles. The highest BCUT2D eigenvalue weighted by molar-refractivity contribution is 6.34. The lowest BCUT2D eigenvalue weighted by atomic mass is 10.1. The van der Waals surface area contributed by atoms with Crippen LogP contribution >= 0.6 is 0 Å². The van der Waals surface area contributed by atoms with E-state index in [2.05, 4.69) is 0 Å². The lowest BCUT2D eigenvalue weighted by Crippen LogP contribution is -2.29. The number of fused-ring (bicyclic) bond motifs is 1. The first kappa shape index (κ1) is 11.4. The van der Waals surface area contributed by atoms with E-state index in [9.17, 15) is 9.59 Å². The highest BCUT2D eigenvalue weighted by Gasteiger charge is 2.36. The molecule has 0 saturated heterocycles. The first-order valence-electron chi connectivity index (χ1n) is 6.83. The van der Waals surface area contributed by atoms with Gasteiger partial charge < -0.3 is 0 Å². The summed E-state index contributed by atoms with van der Waals surface area (Å²) in [6.07, 6.45) is 2.48. The molecule has 4 rings (SSSR count). The Balaban J connectivity index is 1.72. The molecule has 3 heteroatoms. The molecule has 1 aliphatic carbocycles. The Kier molecular flexibility index (Phi) is 2.30. The second-order valence-corrected chi connectivity index (χ2v) is 5.36. The number of imide groups is 1. The Bertz CT molecular complexity index is 679. The van der Waals surface area contributed by atoms with E-state index in [0.29, 0.717) is 22.7 Å². The van der Waals surface area contributed by atoms with Crippen molar-refractivity contribution in [2.75, 3.05) is 4.90 Å². The number of rotatable bonds is 2. The fourth-order valence-corrected chi connectivity index (χ4v) is 2.74. The van der Waals surface area contributed by atoms with Crippen LogP contribution in [0.1, 0.15) is 45.0 Å². The molecule has 2 amide bonds. The lowest BCUT2D eigenvalue weighted by Gasteiger charge is -2.14. The molecular weight excluding hydrogens is 250 g/mol. The molecule has 0 N–H and O–H groups in total. The zero-order chi connectivity index (χ0) is 13.7. The minimum atomic E-state index is -0.232. The third-order valence-corrected chi connectivity index (χ3v) is 3.99. The number of anilines is 1. The first-order chi connectivity index (χ1) is 9.75. The third kappa shape index (κ3) is 1.59. The first-order valence-corrected chi connectivity index (χ1v) is 6.83. The van der Waals surface area contributed by atoms with Gasteiger partial charge in [0, 0.05) is 0 Å². The smallest absolute Gasteiger partial charge is 0.266 e. The molecule has 2 aromatic rings. The van der Waals surface area contributed by atoms with Gasteiger partial charge in [0.05, 0.1) is 16.8 Å². The molecule has 0 aromatic heterocycles. The van der Waals surface area contributed by atoms with Gasteiger partial charge in [-0.25, -0.2) is 4.90 Å². The van der Waals surface area contributed by atoms with Gasteiger partial charge in [-0.3, -0.25) is 9.59 Å². The molecule has 1 aliphatic heterocycles. The van der Waals surface area contributed by atoms with E-state index in [1.54, 1.807) is 24.3 Å². The van der Waals surface area contributed by atoms with Crippen molar-refractivity contribution in [3.8, 4) is 0 Å². The van der Waals surface area contributed by atoms with E-state index in [4.69, 9.17) is 0 Å². The second-order valence-electron chi connectivity index (χ2n) is 5.36. The molecule has 20 heavy (non-hydrogen) atoms. The van der Waals surface area contributed by atoms with Crippen LogP contribution in [0.2, 0.25) is 0 Å². The summed E-state index contributed by atoms with van der Waals surface area (Å²) in [5, 5.41) is 0. The topological polar surface area (TPSA) is 37.4 Å². The minimum absolute atomic E-state index is 0.232. The third-order valence-electron chi connectivity index (χ3n) is 3.99. The summed E-state index contributed by atoms with van der Waals surface area (Å²) in [4.78, 5) is 26.0. The fourth-order valence-electron chi connectivity index (χ4n) is 2.74. The molecule has 98 valence electrons. The molecular formula is C17H13NO2. The van der Waals surface area contributed by atoms with Crippen molar-refractivity contribution in [1.29, 1.82) is 0 Å². The maximum atomic E-state index is 12.3. The van der Waals surface area contributed by atoms with Gasteiger partial charge in [-0.1, -0.05) is 24.3 Å². The number of nitrogens with zero attached hydrogens (tertiary/aromatic N) is 1. The number of hydrogen-bond donors (Lipinski definition) is 0. The van der Waals surface area contributed by atoms with Gasteiger partial charge in [-0.15, -0.1) is 0 Å². The molecule has 1 heterocycles. The van der Waals surface area contributed by atoms with E-state index in [0.717, 1.165) is 0 Å². The predicted molar refractivity (Wildman–Crippen MR) is 76.0 cm³/mol. The van der Waals surface area contributed by atoms with Crippen LogP contribution in [0.15, 0.2) is 48.5 Å². The van der Waals surface area contributed by atoms with Crippen molar-refractivity contribution in [3.05, 3.63) is 65.2 Å². The van der Waals surface area contributed by atoms with Crippen molar-refractivity contribution in [3.63, 3.8) is 0 Å². The van der Waals surface area contributed by atoms with Crippen LogP contribution in [0.5, 0.6) is 0 Å². The quantitative estimate of drug-likeness (QED) is 0.779. The predicted octanol–water partition coefficient (Wildman–Crippen LogP) is 3.36. The molecule has 0 unspecified atom stereocenters. The number of benzene rings is 2. The standard InChI is InChI=1S/C17H13NO2/c19-16-14-3-1-2-4-15(14)17(20)18(16)13-9-7-12(8-10-13)11-5-6-11/h1-4,7-11H,5-6H2. The maximum absolute atomic E-state index is 12.3. The van der Waals surface area contributed by atoms with Crippen LogP contribution in [-0.4, -0.2) is 11.8 Å². The Morgan fingerprint density at radius 3 is 1.85 bits per heavy atom. The van der Waals surface area contributed by atoms with Crippen LogP contribution in [0.25, 0.3) is 0 Å².